The van der Waals surface area contributed by atoms with Gasteiger partial charge in [-0.1, -0.05) is 25.7 Å². The number of nitrogens with two attached hydrogens (primary N) is 1. The van der Waals surface area contributed by atoms with E-state index in [1.807, 2.05) is 0 Å². The van der Waals surface area contributed by atoms with Crippen LogP contribution in [0.3, 0.4) is 0 Å². The van der Waals surface area contributed by atoms with Crippen LogP contribution in [0.25, 0.3) is 0 Å². The van der Waals surface area contributed by atoms with Crippen molar-refractivity contribution in [2.75, 3.05) is 6.61 Å². The van der Waals surface area contributed by atoms with E-state index in [1.165, 1.54) is 0 Å². The molecule has 2 N–H and O–H groups in total. The fourth-order valence-electron chi connectivity index (χ4n) is 2.55. The molecule has 0 aromatic heterocycles. The summed E-state index contributed by atoms with van der Waals surface area (Å²) < 4.78 is 18.7. The van der Waals surface area contributed by atoms with Crippen LogP contribution in [0.2, 0.25) is 0 Å². The molecule has 0 spiro atoms. The van der Waals surface area contributed by atoms with Crippen molar-refractivity contribution in [3.63, 3.8) is 0 Å². The SMILES string of the molecule is NC1(COc2cc(F)ccc2[N+](=O)[O-])CCCCCC1. The number of rotatable bonds is 4. The Bertz CT molecular complexity index is 485. The Hall–Kier alpha value is -1.69. The minimum Gasteiger partial charge on any atom is -0.485 e. The van der Waals surface area contributed by atoms with Crippen LogP contribution >= 0.6 is 0 Å². The number of nitrogens with zero attached hydrogens (tertiary/aromatic N) is 1. The second-order valence-corrected chi connectivity index (χ2v) is 5.43. The van der Waals surface area contributed by atoms with E-state index >= 15 is 0 Å². The summed E-state index contributed by atoms with van der Waals surface area (Å²) in [4.78, 5) is 10.3. The van der Waals surface area contributed by atoms with Gasteiger partial charge in [-0.15, -0.1) is 0 Å². The predicted molar refractivity (Wildman–Crippen MR) is 73.2 cm³/mol. The molecular weight excluding hydrogens is 263 g/mol. The second kappa shape index (κ2) is 6.17. The van der Waals surface area contributed by atoms with Gasteiger partial charge in [0.25, 0.3) is 0 Å². The molecule has 6 heteroatoms. The van der Waals surface area contributed by atoms with Crippen LogP contribution in [0, 0.1) is 15.9 Å². The molecule has 5 nitrogen and oxygen atoms in total. The quantitative estimate of drug-likeness (QED) is 0.522. The van der Waals surface area contributed by atoms with Crippen LogP contribution in [-0.4, -0.2) is 17.1 Å². The summed E-state index contributed by atoms with van der Waals surface area (Å²) >= 11 is 0. The summed E-state index contributed by atoms with van der Waals surface area (Å²) in [5, 5.41) is 10.9. The molecule has 110 valence electrons. The number of nitro groups is 1. The molecule has 2 rings (SSSR count). The van der Waals surface area contributed by atoms with Gasteiger partial charge in [0.1, 0.15) is 12.4 Å². The molecule has 1 aromatic carbocycles. The Kier molecular flexibility index (Phi) is 4.54. The highest BCUT2D eigenvalue weighted by Crippen LogP contribution is 2.30. The fraction of sp³-hybridized carbons (Fsp3) is 0.571. The van der Waals surface area contributed by atoms with Gasteiger partial charge in [0.15, 0.2) is 5.75 Å². The zero-order valence-electron chi connectivity index (χ0n) is 11.3. The Morgan fingerprint density at radius 2 is 1.95 bits per heavy atom. The zero-order valence-corrected chi connectivity index (χ0v) is 11.3. The largest absolute Gasteiger partial charge is 0.485 e. The average molecular weight is 282 g/mol. The van der Waals surface area contributed by atoms with Gasteiger partial charge in [0, 0.05) is 12.1 Å². The molecule has 0 unspecified atom stereocenters. The number of ether oxygens (including phenoxy) is 1. The van der Waals surface area contributed by atoms with Crippen LogP contribution in [0.5, 0.6) is 5.75 Å². The predicted octanol–water partition coefficient (Wildman–Crippen LogP) is 3.16. The standard InChI is InChI=1S/C14H19FN2O3/c15-11-5-6-12(17(18)19)13(9-11)20-10-14(16)7-3-1-2-4-8-14/h5-6,9H,1-4,7-8,10,16H2. The van der Waals surface area contributed by atoms with E-state index in [-0.39, 0.29) is 18.0 Å². The monoisotopic (exact) mass is 282 g/mol. The minimum atomic E-state index is -0.578. The van der Waals surface area contributed by atoms with E-state index < -0.39 is 16.3 Å². The molecule has 0 heterocycles. The second-order valence-electron chi connectivity index (χ2n) is 5.43. The lowest BCUT2D eigenvalue weighted by Gasteiger charge is -2.27. The summed E-state index contributed by atoms with van der Waals surface area (Å²) in [6, 6.07) is 3.20. The van der Waals surface area contributed by atoms with E-state index in [4.69, 9.17) is 10.5 Å². The third-order valence-electron chi connectivity index (χ3n) is 3.73. The Balaban J connectivity index is 2.09. The highest BCUT2D eigenvalue weighted by atomic mass is 19.1. The summed E-state index contributed by atoms with van der Waals surface area (Å²) in [6.07, 6.45) is 6.03. The zero-order chi connectivity index (χ0) is 14.6. The van der Waals surface area contributed by atoms with Gasteiger partial charge in [-0.05, 0) is 18.9 Å². The van der Waals surface area contributed by atoms with Crippen LogP contribution in [0.15, 0.2) is 18.2 Å². The first-order chi connectivity index (χ1) is 9.50. The Morgan fingerprint density at radius 3 is 2.55 bits per heavy atom. The van der Waals surface area contributed by atoms with Crippen LogP contribution in [-0.2, 0) is 0 Å². The van der Waals surface area contributed by atoms with Crippen molar-refractivity contribution in [2.45, 2.75) is 44.1 Å². The lowest BCUT2D eigenvalue weighted by molar-refractivity contribution is -0.386. The molecule has 20 heavy (non-hydrogen) atoms. The van der Waals surface area contributed by atoms with E-state index in [1.54, 1.807) is 0 Å². The smallest absolute Gasteiger partial charge is 0.311 e. The minimum absolute atomic E-state index is 0.0518. The molecule has 0 amide bonds. The number of hydrogen-bond acceptors (Lipinski definition) is 4. The summed E-state index contributed by atoms with van der Waals surface area (Å²) in [5.74, 6) is -0.610. The average Bonchev–Trinajstić information content (AvgIpc) is 2.62. The molecule has 1 aromatic rings. The van der Waals surface area contributed by atoms with Crippen molar-refractivity contribution in [3.05, 3.63) is 34.1 Å². The number of hydrogen-bond donors (Lipinski definition) is 1. The van der Waals surface area contributed by atoms with Gasteiger partial charge in [-0.25, -0.2) is 4.39 Å². The van der Waals surface area contributed by atoms with Crippen molar-refractivity contribution >= 4 is 5.69 Å². The van der Waals surface area contributed by atoms with E-state index in [0.717, 1.165) is 56.7 Å². The van der Waals surface area contributed by atoms with Gasteiger partial charge in [-0.3, -0.25) is 10.1 Å². The Labute approximate surface area is 117 Å². The Morgan fingerprint density at radius 1 is 1.30 bits per heavy atom. The van der Waals surface area contributed by atoms with Gasteiger partial charge in [0.05, 0.1) is 10.5 Å². The van der Waals surface area contributed by atoms with Gasteiger partial charge in [0.2, 0.25) is 0 Å². The maximum atomic E-state index is 13.2. The molecule has 1 fully saturated rings. The van der Waals surface area contributed by atoms with Crippen molar-refractivity contribution in [1.29, 1.82) is 0 Å². The molecule has 0 atom stereocenters. The highest BCUT2D eigenvalue weighted by Gasteiger charge is 2.28. The van der Waals surface area contributed by atoms with Crippen molar-refractivity contribution in [2.24, 2.45) is 5.73 Å². The first kappa shape index (κ1) is 14.7. The lowest BCUT2D eigenvalue weighted by Crippen LogP contribution is -2.45. The van der Waals surface area contributed by atoms with E-state index in [9.17, 15) is 14.5 Å². The van der Waals surface area contributed by atoms with Crippen molar-refractivity contribution in [3.8, 4) is 5.75 Å². The number of halogens is 1. The summed E-state index contributed by atoms with van der Waals surface area (Å²) in [7, 11) is 0. The maximum Gasteiger partial charge on any atom is 0.311 e. The molecule has 0 saturated heterocycles. The molecule has 0 bridgehead atoms. The number of nitro benzene ring substituents is 1. The first-order valence-corrected chi connectivity index (χ1v) is 6.86. The topological polar surface area (TPSA) is 78.4 Å². The van der Waals surface area contributed by atoms with Crippen molar-refractivity contribution in [1.82, 2.24) is 0 Å². The molecule has 0 radical (unpaired) electrons. The van der Waals surface area contributed by atoms with Gasteiger partial charge < -0.3 is 10.5 Å². The third-order valence-corrected chi connectivity index (χ3v) is 3.73. The molecular formula is C14H19FN2O3. The van der Waals surface area contributed by atoms with E-state index in [0.29, 0.717) is 0 Å². The van der Waals surface area contributed by atoms with Gasteiger partial charge >= 0.3 is 5.69 Å². The first-order valence-electron chi connectivity index (χ1n) is 6.86. The molecule has 1 aliphatic carbocycles. The molecule has 1 aliphatic rings. The van der Waals surface area contributed by atoms with Crippen LogP contribution in [0.1, 0.15) is 38.5 Å². The van der Waals surface area contributed by atoms with Gasteiger partial charge in [-0.2, -0.15) is 0 Å². The van der Waals surface area contributed by atoms with Crippen LogP contribution < -0.4 is 10.5 Å². The lowest BCUT2D eigenvalue weighted by atomic mass is 9.92. The normalized spacial score (nSPS) is 18.3. The maximum absolute atomic E-state index is 13.2. The van der Waals surface area contributed by atoms with E-state index in [2.05, 4.69) is 0 Å². The molecule has 1 saturated carbocycles. The summed E-state index contributed by atoms with van der Waals surface area (Å²) in [6.45, 7) is 0.178. The van der Waals surface area contributed by atoms with Crippen molar-refractivity contribution < 1.29 is 14.1 Å². The molecule has 0 aliphatic heterocycles. The fourth-order valence-corrected chi connectivity index (χ4v) is 2.55. The summed E-state index contributed by atoms with van der Waals surface area (Å²) in [5.41, 5.74) is 5.57. The number of benzene rings is 1. The highest BCUT2D eigenvalue weighted by molar-refractivity contribution is 5.46. The third kappa shape index (κ3) is 3.66. The van der Waals surface area contributed by atoms with Crippen LogP contribution in [0.4, 0.5) is 10.1 Å².